The number of nitrogen functional groups attached to an aromatic ring is 1. The number of ether oxygens (including phenoxy) is 1. The Labute approximate surface area is 120 Å². The van der Waals surface area contributed by atoms with E-state index in [9.17, 15) is 9.90 Å². The highest BCUT2D eigenvalue weighted by Crippen LogP contribution is 2.27. The van der Waals surface area contributed by atoms with Gasteiger partial charge in [0.2, 0.25) is 5.43 Å². The average Bonchev–Trinajstić information content (AvgIpc) is 2.47. The van der Waals surface area contributed by atoms with Crippen LogP contribution in [0.1, 0.15) is 0 Å². The van der Waals surface area contributed by atoms with Crippen LogP contribution in [0.15, 0.2) is 51.9 Å². The molecule has 1 heterocycles. The van der Waals surface area contributed by atoms with Crippen LogP contribution in [-0.4, -0.2) is 12.2 Å². The number of methoxy groups -OCH3 is 1. The predicted octanol–water partition coefficient (Wildman–Crippen LogP) is 2.76. The normalized spacial score (nSPS) is 10.7. The lowest BCUT2D eigenvalue weighted by Crippen LogP contribution is -2.07. The van der Waals surface area contributed by atoms with Crippen LogP contribution in [0.25, 0.3) is 22.1 Å². The van der Waals surface area contributed by atoms with E-state index in [1.165, 1.54) is 18.4 Å². The van der Waals surface area contributed by atoms with Crippen molar-refractivity contribution in [2.24, 2.45) is 0 Å². The fourth-order valence-electron chi connectivity index (χ4n) is 2.24. The molecule has 21 heavy (non-hydrogen) atoms. The Kier molecular flexibility index (Phi) is 3.02. The molecule has 106 valence electrons. The Morgan fingerprint density at radius 1 is 1.19 bits per heavy atom. The molecule has 0 aliphatic heterocycles. The monoisotopic (exact) mass is 283 g/mol. The van der Waals surface area contributed by atoms with Gasteiger partial charge in [-0.15, -0.1) is 0 Å². The molecule has 0 radical (unpaired) electrons. The highest BCUT2D eigenvalue weighted by molar-refractivity contribution is 5.92. The second-order valence-electron chi connectivity index (χ2n) is 4.62. The highest BCUT2D eigenvalue weighted by atomic mass is 16.5. The molecular formula is C16H13NO4. The van der Waals surface area contributed by atoms with Crippen molar-refractivity contribution in [1.82, 2.24) is 0 Å². The molecule has 0 amide bonds. The molecule has 0 atom stereocenters. The van der Waals surface area contributed by atoms with Crippen LogP contribution in [0.3, 0.4) is 0 Å². The Hall–Kier alpha value is -2.95. The Balaban J connectivity index is 2.24. The van der Waals surface area contributed by atoms with E-state index in [0.717, 1.165) is 0 Å². The van der Waals surface area contributed by atoms with Gasteiger partial charge < -0.3 is 20.0 Å². The van der Waals surface area contributed by atoms with Crippen LogP contribution in [0.2, 0.25) is 0 Å². The number of aromatic hydroxyl groups is 1. The first kappa shape index (κ1) is 13.1. The SMILES string of the molecule is COc1ccc(-c2coc3cc(O)cc(N)c3c2=O)cc1. The van der Waals surface area contributed by atoms with Gasteiger partial charge in [0, 0.05) is 12.1 Å². The molecule has 0 bridgehead atoms. The molecule has 0 fully saturated rings. The molecule has 3 rings (SSSR count). The van der Waals surface area contributed by atoms with Gasteiger partial charge in [0.1, 0.15) is 23.3 Å². The number of phenols is 1. The lowest BCUT2D eigenvalue weighted by molar-refractivity contribution is 0.415. The Morgan fingerprint density at radius 2 is 1.90 bits per heavy atom. The maximum Gasteiger partial charge on any atom is 0.202 e. The van der Waals surface area contributed by atoms with Crippen molar-refractivity contribution < 1.29 is 14.3 Å². The molecule has 0 unspecified atom stereocenters. The zero-order valence-electron chi connectivity index (χ0n) is 11.3. The average molecular weight is 283 g/mol. The molecule has 0 aliphatic carbocycles. The summed E-state index contributed by atoms with van der Waals surface area (Å²) in [6.45, 7) is 0. The van der Waals surface area contributed by atoms with Gasteiger partial charge in [0.25, 0.3) is 0 Å². The maximum atomic E-state index is 12.6. The second kappa shape index (κ2) is 4.86. The summed E-state index contributed by atoms with van der Waals surface area (Å²) in [5, 5.41) is 9.75. The van der Waals surface area contributed by atoms with E-state index in [1.807, 2.05) is 0 Å². The van der Waals surface area contributed by atoms with Gasteiger partial charge in [-0.25, -0.2) is 0 Å². The van der Waals surface area contributed by atoms with Gasteiger partial charge in [-0.1, -0.05) is 12.1 Å². The molecule has 1 aromatic heterocycles. The number of phenolic OH excluding ortho intramolecular Hbond substituents is 1. The topological polar surface area (TPSA) is 85.7 Å². The molecule has 3 aromatic rings. The quantitative estimate of drug-likeness (QED) is 0.706. The minimum atomic E-state index is -0.237. The van der Waals surface area contributed by atoms with Crippen LogP contribution < -0.4 is 15.9 Å². The standard InChI is InChI=1S/C16H13NO4/c1-20-11-4-2-9(3-5-11)12-8-21-14-7-10(18)6-13(17)15(14)16(12)19/h2-8,18H,17H2,1H3. The van der Waals surface area contributed by atoms with Crippen molar-refractivity contribution in [3.05, 3.63) is 52.9 Å². The number of benzene rings is 2. The molecule has 0 saturated heterocycles. The first-order valence-corrected chi connectivity index (χ1v) is 6.28. The highest BCUT2D eigenvalue weighted by Gasteiger charge is 2.12. The summed E-state index contributed by atoms with van der Waals surface area (Å²) in [6, 6.07) is 9.77. The van der Waals surface area contributed by atoms with Gasteiger partial charge >= 0.3 is 0 Å². The van der Waals surface area contributed by atoms with Gasteiger partial charge in [0.15, 0.2) is 0 Å². The van der Waals surface area contributed by atoms with Crippen molar-refractivity contribution in [2.75, 3.05) is 12.8 Å². The minimum absolute atomic E-state index is 0.0413. The summed E-state index contributed by atoms with van der Waals surface area (Å²) in [7, 11) is 1.58. The molecule has 5 heteroatoms. The Morgan fingerprint density at radius 3 is 2.57 bits per heavy atom. The van der Waals surface area contributed by atoms with E-state index < -0.39 is 0 Å². The summed E-state index contributed by atoms with van der Waals surface area (Å²) < 4.78 is 10.5. The smallest absolute Gasteiger partial charge is 0.202 e. The van der Waals surface area contributed by atoms with Gasteiger partial charge in [-0.3, -0.25) is 4.79 Å². The summed E-state index contributed by atoms with van der Waals surface area (Å²) in [5.41, 5.74) is 7.13. The number of anilines is 1. The number of rotatable bonds is 2. The molecule has 2 aromatic carbocycles. The number of fused-ring (bicyclic) bond motifs is 1. The molecule has 0 aliphatic rings. The van der Waals surface area contributed by atoms with Crippen molar-refractivity contribution in [1.29, 1.82) is 0 Å². The summed E-state index contributed by atoms with van der Waals surface area (Å²) in [4.78, 5) is 12.6. The van der Waals surface area contributed by atoms with E-state index in [4.69, 9.17) is 14.9 Å². The third-order valence-corrected chi connectivity index (χ3v) is 3.29. The van der Waals surface area contributed by atoms with Crippen molar-refractivity contribution in [2.45, 2.75) is 0 Å². The van der Waals surface area contributed by atoms with E-state index in [-0.39, 0.29) is 27.8 Å². The lowest BCUT2D eigenvalue weighted by atomic mass is 10.0. The number of hydrogen-bond acceptors (Lipinski definition) is 5. The summed E-state index contributed by atoms with van der Waals surface area (Å²) in [5.74, 6) is 0.661. The van der Waals surface area contributed by atoms with Crippen molar-refractivity contribution in [3.8, 4) is 22.6 Å². The maximum absolute atomic E-state index is 12.6. The lowest BCUT2D eigenvalue weighted by Gasteiger charge is -2.06. The zero-order valence-corrected chi connectivity index (χ0v) is 11.3. The third-order valence-electron chi connectivity index (χ3n) is 3.29. The van der Waals surface area contributed by atoms with E-state index in [0.29, 0.717) is 16.9 Å². The van der Waals surface area contributed by atoms with Gasteiger partial charge in [0.05, 0.1) is 23.7 Å². The Bertz CT molecular complexity index is 866. The number of nitrogens with two attached hydrogens (primary N) is 1. The first-order valence-electron chi connectivity index (χ1n) is 6.28. The predicted molar refractivity (Wildman–Crippen MR) is 80.5 cm³/mol. The van der Waals surface area contributed by atoms with E-state index in [2.05, 4.69) is 0 Å². The largest absolute Gasteiger partial charge is 0.508 e. The first-order chi connectivity index (χ1) is 10.1. The van der Waals surface area contributed by atoms with Crippen molar-refractivity contribution in [3.63, 3.8) is 0 Å². The summed E-state index contributed by atoms with van der Waals surface area (Å²) >= 11 is 0. The van der Waals surface area contributed by atoms with Gasteiger partial charge in [-0.2, -0.15) is 0 Å². The van der Waals surface area contributed by atoms with Crippen molar-refractivity contribution >= 4 is 16.7 Å². The van der Waals surface area contributed by atoms with Crippen LogP contribution in [0.5, 0.6) is 11.5 Å². The molecule has 0 saturated carbocycles. The van der Waals surface area contributed by atoms with E-state index >= 15 is 0 Å². The molecule has 5 nitrogen and oxygen atoms in total. The molecular weight excluding hydrogens is 270 g/mol. The van der Waals surface area contributed by atoms with Crippen LogP contribution in [0, 0.1) is 0 Å². The van der Waals surface area contributed by atoms with Crippen LogP contribution in [0.4, 0.5) is 5.69 Å². The minimum Gasteiger partial charge on any atom is -0.508 e. The fourth-order valence-corrected chi connectivity index (χ4v) is 2.24. The van der Waals surface area contributed by atoms with Crippen LogP contribution >= 0.6 is 0 Å². The molecule has 3 N–H and O–H groups in total. The second-order valence-corrected chi connectivity index (χ2v) is 4.62. The zero-order chi connectivity index (χ0) is 15.0. The summed E-state index contributed by atoms with van der Waals surface area (Å²) in [6.07, 6.45) is 1.37. The number of hydrogen-bond donors (Lipinski definition) is 2. The van der Waals surface area contributed by atoms with Gasteiger partial charge in [-0.05, 0) is 17.7 Å². The fraction of sp³-hybridized carbons (Fsp3) is 0.0625. The molecule has 0 spiro atoms. The van der Waals surface area contributed by atoms with E-state index in [1.54, 1.807) is 31.4 Å². The third kappa shape index (κ3) is 2.18. The van der Waals surface area contributed by atoms with Crippen LogP contribution in [-0.2, 0) is 0 Å².